The first kappa shape index (κ1) is 32.0. The minimum absolute atomic E-state index is 0.0214. The van der Waals surface area contributed by atoms with Crippen LogP contribution in [0.1, 0.15) is 6.42 Å². The summed E-state index contributed by atoms with van der Waals surface area (Å²) in [5.74, 6) is -0.657. The molecule has 2 amide bonds. The van der Waals surface area contributed by atoms with E-state index in [0.29, 0.717) is 68.5 Å². The van der Waals surface area contributed by atoms with E-state index in [0.717, 1.165) is 33.1 Å². The second-order valence-corrected chi connectivity index (χ2v) is 13.3. The lowest BCUT2D eigenvalue weighted by atomic mass is 10.1. The maximum atomic E-state index is 14.9. The van der Waals surface area contributed by atoms with Crippen molar-refractivity contribution in [3.63, 3.8) is 0 Å². The fourth-order valence-electron chi connectivity index (χ4n) is 6.27. The Kier molecular flexibility index (Phi) is 8.99. The van der Waals surface area contributed by atoms with E-state index in [1.807, 2.05) is 28.0 Å². The number of benzene rings is 3. The molecule has 0 unspecified atom stereocenters. The zero-order valence-corrected chi connectivity index (χ0v) is 27.3. The summed E-state index contributed by atoms with van der Waals surface area (Å²) in [7, 11) is 7.32. The molecule has 246 valence electrons. The molecule has 3 aromatic carbocycles. The number of anilines is 2. The van der Waals surface area contributed by atoms with Crippen LogP contribution in [0.3, 0.4) is 0 Å². The van der Waals surface area contributed by atoms with Gasteiger partial charge in [-0.05, 0) is 94.8 Å². The lowest BCUT2D eigenvalue weighted by Crippen LogP contribution is -2.51. The number of H-pyrrole nitrogens is 1. The molecule has 0 bridgehead atoms. The number of likely N-dealkylation sites (tertiary alicyclic amines) is 1. The van der Waals surface area contributed by atoms with Gasteiger partial charge in [0.05, 0.1) is 23.3 Å². The van der Waals surface area contributed by atoms with Crippen LogP contribution in [0.5, 0.6) is 0 Å². The number of fused-ring (bicyclic) bond motifs is 1. The summed E-state index contributed by atoms with van der Waals surface area (Å²) < 4.78 is 27.4. The van der Waals surface area contributed by atoms with Gasteiger partial charge < -0.3 is 15.1 Å². The van der Waals surface area contributed by atoms with E-state index in [9.17, 15) is 18.4 Å². The molecule has 1 atom stereocenters. The molecule has 0 aliphatic carbocycles. The van der Waals surface area contributed by atoms with E-state index in [-0.39, 0.29) is 24.2 Å². The van der Waals surface area contributed by atoms with Gasteiger partial charge in [-0.25, -0.2) is 18.7 Å². The highest BCUT2D eigenvalue weighted by Gasteiger charge is 2.46. The summed E-state index contributed by atoms with van der Waals surface area (Å²) in [6.07, 6.45) is 3.64. The van der Waals surface area contributed by atoms with Gasteiger partial charge in [0.15, 0.2) is 5.82 Å². The first-order chi connectivity index (χ1) is 23.3. The van der Waals surface area contributed by atoms with Gasteiger partial charge in [0.1, 0.15) is 16.4 Å². The molecule has 0 spiro atoms. The summed E-state index contributed by atoms with van der Waals surface area (Å²) >= 11 is 0. The lowest BCUT2D eigenvalue weighted by molar-refractivity contribution is -0.132. The molecular weight excluding hydrogens is 658 g/mol. The molecular formula is C34H31ClF2N8O2S. The largest absolute Gasteiger partial charge is 0.368 e. The van der Waals surface area contributed by atoms with Crippen LogP contribution in [0.15, 0.2) is 79.1 Å². The molecule has 2 N–H and O–H groups in total. The number of halogens is 3. The van der Waals surface area contributed by atoms with Crippen molar-refractivity contribution in [2.75, 3.05) is 56.0 Å². The van der Waals surface area contributed by atoms with Gasteiger partial charge in [0.2, 0.25) is 11.8 Å². The fourth-order valence-corrected chi connectivity index (χ4v) is 7.38. The Morgan fingerprint density at radius 3 is 2.46 bits per heavy atom. The Morgan fingerprint density at radius 2 is 1.73 bits per heavy atom. The SMILES string of the molecule is O=C(CN1CC[C@@](SCl)(C(=O)Nc2ccc3[nH]nc(-c4ccc(F)cc4)c3c2)C1)N1CCN(c2ccc(-c3ncccn3)c(F)c2)CC1. The van der Waals surface area contributed by atoms with Crippen molar-refractivity contribution in [1.29, 1.82) is 0 Å². The molecule has 0 saturated carbocycles. The van der Waals surface area contributed by atoms with Crippen molar-refractivity contribution >= 4 is 55.7 Å². The molecule has 48 heavy (non-hydrogen) atoms. The first-order valence-electron chi connectivity index (χ1n) is 15.5. The predicted octanol–water partition coefficient (Wildman–Crippen LogP) is 5.58. The van der Waals surface area contributed by atoms with Crippen LogP contribution in [0, 0.1) is 11.6 Å². The van der Waals surface area contributed by atoms with Crippen LogP contribution in [0.2, 0.25) is 0 Å². The maximum Gasteiger partial charge on any atom is 0.243 e. The number of piperazine rings is 1. The quantitative estimate of drug-likeness (QED) is 0.217. The first-order valence-corrected chi connectivity index (χ1v) is 17.1. The van der Waals surface area contributed by atoms with Crippen LogP contribution >= 0.6 is 21.7 Å². The minimum atomic E-state index is -0.938. The number of carbonyl (C=O) groups excluding carboxylic acids is 2. The number of nitrogens with one attached hydrogen (secondary N) is 2. The van der Waals surface area contributed by atoms with Gasteiger partial charge in [-0.2, -0.15) is 5.10 Å². The van der Waals surface area contributed by atoms with E-state index in [1.165, 1.54) is 18.2 Å². The van der Waals surface area contributed by atoms with E-state index >= 15 is 0 Å². The fraction of sp³-hybridized carbons (Fsp3) is 0.265. The Labute approximate surface area is 284 Å². The van der Waals surface area contributed by atoms with Crippen molar-refractivity contribution in [3.05, 3.63) is 90.8 Å². The molecule has 2 aromatic heterocycles. The molecule has 2 aliphatic heterocycles. The number of nitrogens with zero attached hydrogens (tertiary/aromatic N) is 6. The van der Waals surface area contributed by atoms with Gasteiger partial charge in [0.25, 0.3) is 0 Å². The van der Waals surface area contributed by atoms with Crippen LogP contribution in [0.4, 0.5) is 20.2 Å². The Morgan fingerprint density at radius 1 is 0.958 bits per heavy atom. The van der Waals surface area contributed by atoms with Crippen LogP contribution in [-0.2, 0) is 9.59 Å². The lowest BCUT2D eigenvalue weighted by Gasteiger charge is -2.37. The summed E-state index contributed by atoms with van der Waals surface area (Å²) in [5, 5.41) is 11.2. The zero-order chi connectivity index (χ0) is 33.3. The molecule has 4 heterocycles. The number of hydrogen-bond donors (Lipinski definition) is 2. The molecule has 2 fully saturated rings. The third kappa shape index (κ3) is 6.45. The molecule has 5 aromatic rings. The maximum absolute atomic E-state index is 14.9. The number of amides is 2. The van der Waals surface area contributed by atoms with Gasteiger partial charge >= 0.3 is 0 Å². The molecule has 2 aliphatic rings. The topological polar surface area (TPSA) is 110 Å². The van der Waals surface area contributed by atoms with Crippen LogP contribution < -0.4 is 10.2 Å². The summed E-state index contributed by atoms with van der Waals surface area (Å²) in [5.41, 5.74) is 3.84. The zero-order valence-electron chi connectivity index (χ0n) is 25.7. The predicted molar refractivity (Wildman–Crippen MR) is 184 cm³/mol. The van der Waals surface area contributed by atoms with E-state index < -0.39 is 10.6 Å². The average molecular weight is 689 g/mol. The van der Waals surface area contributed by atoms with Gasteiger partial charge in [-0.3, -0.25) is 19.6 Å². The molecule has 0 radical (unpaired) electrons. The van der Waals surface area contributed by atoms with Gasteiger partial charge in [-0.15, -0.1) is 0 Å². The van der Waals surface area contributed by atoms with Crippen LogP contribution in [0.25, 0.3) is 33.5 Å². The number of hydrogen-bond acceptors (Lipinski definition) is 8. The van der Waals surface area contributed by atoms with E-state index in [1.54, 1.807) is 42.7 Å². The van der Waals surface area contributed by atoms with Crippen molar-refractivity contribution in [3.8, 4) is 22.6 Å². The summed E-state index contributed by atoms with van der Waals surface area (Å²) in [4.78, 5) is 41.0. The highest BCUT2D eigenvalue weighted by Crippen LogP contribution is 2.39. The van der Waals surface area contributed by atoms with Crippen molar-refractivity contribution in [2.24, 2.45) is 0 Å². The highest BCUT2D eigenvalue weighted by atomic mass is 35.7. The van der Waals surface area contributed by atoms with Gasteiger partial charge in [-0.1, -0.05) is 0 Å². The standard InChI is InChI=1S/C34H31ClF2N8O2S/c35-48-34(33(47)40-24-6-9-29-27(18-24)31(42-41-29)22-2-4-23(36)5-3-22)10-13-43(21-34)20-30(46)45-16-14-44(15-17-45)25-7-8-26(28(37)19-25)32-38-11-1-12-39-32/h1-9,11-12,18-19H,10,13-17,20-21H2,(H,40,47)(H,41,42)/t34-/m0/s1. The third-order valence-electron chi connectivity index (χ3n) is 8.93. The monoisotopic (exact) mass is 688 g/mol. The van der Waals surface area contributed by atoms with Crippen LogP contribution in [-0.4, -0.2) is 92.3 Å². The summed E-state index contributed by atoms with van der Waals surface area (Å²) in [6.45, 7) is 3.19. The Balaban J connectivity index is 0.946. The molecule has 14 heteroatoms. The van der Waals surface area contributed by atoms with Crippen molar-refractivity contribution in [2.45, 2.75) is 11.2 Å². The summed E-state index contributed by atoms with van der Waals surface area (Å²) in [6, 6.07) is 18.2. The Hall–Kier alpha value is -4.59. The smallest absolute Gasteiger partial charge is 0.243 e. The second-order valence-electron chi connectivity index (χ2n) is 11.9. The van der Waals surface area contributed by atoms with E-state index in [4.69, 9.17) is 10.7 Å². The number of aromatic nitrogens is 4. The van der Waals surface area contributed by atoms with Gasteiger partial charge in [0, 0.05) is 74.0 Å². The number of carbonyl (C=O) groups is 2. The third-order valence-corrected chi connectivity index (χ3v) is 10.6. The van der Waals surface area contributed by atoms with Crippen molar-refractivity contribution < 1.29 is 18.4 Å². The van der Waals surface area contributed by atoms with E-state index in [2.05, 4.69) is 30.4 Å². The second kappa shape index (κ2) is 13.5. The minimum Gasteiger partial charge on any atom is -0.368 e. The molecule has 7 rings (SSSR count). The highest BCUT2D eigenvalue weighted by molar-refractivity contribution is 8.22. The van der Waals surface area contributed by atoms with Crippen molar-refractivity contribution in [1.82, 2.24) is 30.0 Å². The molecule has 2 saturated heterocycles. The normalized spacial score (nSPS) is 18.4. The molecule has 10 nitrogen and oxygen atoms in total. The Bertz CT molecular complexity index is 1960. The number of aromatic amines is 1. The average Bonchev–Trinajstić information content (AvgIpc) is 3.74. The number of rotatable bonds is 8.